The minimum atomic E-state index is 0.774. The van der Waals surface area contributed by atoms with Crippen LogP contribution in [0.1, 0.15) is 6.42 Å². The van der Waals surface area contributed by atoms with Gasteiger partial charge in [0.1, 0.15) is 12.1 Å². The summed E-state index contributed by atoms with van der Waals surface area (Å²) in [5, 5.41) is 0. The molecular formula is C9H12BrN3O. The summed E-state index contributed by atoms with van der Waals surface area (Å²) in [5.41, 5.74) is 0. The average molecular weight is 258 g/mol. The highest BCUT2D eigenvalue weighted by atomic mass is 79.9. The maximum atomic E-state index is 5.39. The van der Waals surface area contributed by atoms with Crippen LogP contribution in [-0.2, 0) is 4.74 Å². The molecule has 0 aliphatic carbocycles. The number of nitrogens with zero attached hydrogens (tertiary/aromatic N) is 3. The third-order valence-electron chi connectivity index (χ3n) is 2.17. The van der Waals surface area contributed by atoms with E-state index in [2.05, 4.69) is 30.8 Å². The van der Waals surface area contributed by atoms with Crippen molar-refractivity contribution >= 4 is 21.7 Å². The molecule has 0 unspecified atom stereocenters. The van der Waals surface area contributed by atoms with Crippen LogP contribution in [0, 0.1) is 0 Å². The van der Waals surface area contributed by atoms with Gasteiger partial charge in [0.25, 0.3) is 0 Å². The zero-order valence-corrected chi connectivity index (χ0v) is 9.40. The van der Waals surface area contributed by atoms with Gasteiger partial charge in [0.2, 0.25) is 0 Å². The van der Waals surface area contributed by atoms with Crippen LogP contribution in [0.5, 0.6) is 0 Å². The third kappa shape index (κ3) is 2.22. The lowest BCUT2D eigenvalue weighted by Gasteiger charge is -2.21. The molecule has 14 heavy (non-hydrogen) atoms. The van der Waals surface area contributed by atoms with Crippen molar-refractivity contribution in [3.63, 3.8) is 0 Å². The van der Waals surface area contributed by atoms with Crippen molar-refractivity contribution in [2.45, 2.75) is 6.42 Å². The van der Waals surface area contributed by atoms with E-state index in [1.807, 2.05) is 0 Å². The first-order valence-electron chi connectivity index (χ1n) is 4.66. The van der Waals surface area contributed by atoms with E-state index in [-0.39, 0.29) is 0 Å². The summed E-state index contributed by atoms with van der Waals surface area (Å²) in [6.45, 7) is 3.51. The number of anilines is 1. The zero-order chi connectivity index (χ0) is 9.80. The molecule has 76 valence electrons. The number of rotatable bonds is 1. The topological polar surface area (TPSA) is 38.2 Å². The molecule has 0 bridgehead atoms. The molecular weight excluding hydrogens is 246 g/mol. The number of aromatic nitrogens is 2. The molecule has 0 amide bonds. The first kappa shape index (κ1) is 9.86. The van der Waals surface area contributed by atoms with E-state index in [0.717, 1.165) is 43.0 Å². The molecule has 1 aliphatic rings. The Morgan fingerprint density at radius 2 is 2.29 bits per heavy atom. The Morgan fingerprint density at radius 1 is 1.36 bits per heavy atom. The van der Waals surface area contributed by atoms with Gasteiger partial charge in [0.05, 0.1) is 11.1 Å². The fourth-order valence-corrected chi connectivity index (χ4v) is 1.97. The number of hydrogen-bond acceptors (Lipinski definition) is 4. The van der Waals surface area contributed by atoms with E-state index in [0.29, 0.717) is 0 Å². The Morgan fingerprint density at radius 3 is 3.14 bits per heavy atom. The van der Waals surface area contributed by atoms with Crippen LogP contribution in [0.25, 0.3) is 0 Å². The van der Waals surface area contributed by atoms with E-state index in [4.69, 9.17) is 4.74 Å². The van der Waals surface area contributed by atoms with E-state index in [9.17, 15) is 0 Å². The summed E-state index contributed by atoms with van der Waals surface area (Å²) in [5.74, 6) is 0.963. The Balaban J connectivity index is 2.16. The lowest BCUT2D eigenvalue weighted by Crippen LogP contribution is -2.27. The molecule has 5 heteroatoms. The number of halogens is 1. The van der Waals surface area contributed by atoms with E-state index < -0.39 is 0 Å². The van der Waals surface area contributed by atoms with Crippen LogP contribution in [0.15, 0.2) is 17.0 Å². The first-order chi connectivity index (χ1) is 6.88. The van der Waals surface area contributed by atoms with Gasteiger partial charge in [0.15, 0.2) is 0 Å². The lowest BCUT2D eigenvalue weighted by atomic mass is 10.4. The van der Waals surface area contributed by atoms with Gasteiger partial charge < -0.3 is 9.64 Å². The second-order valence-electron chi connectivity index (χ2n) is 3.15. The summed E-state index contributed by atoms with van der Waals surface area (Å²) in [6.07, 6.45) is 4.40. The molecule has 0 radical (unpaired) electrons. The quantitative estimate of drug-likeness (QED) is 0.764. The summed E-state index contributed by atoms with van der Waals surface area (Å²) in [7, 11) is 0. The normalized spacial score (nSPS) is 17.9. The molecule has 2 rings (SSSR count). The van der Waals surface area contributed by atoms with Gasteiger partial charge in [-0.15, -0.1) is 0 Å². The molecule has 0 saturated carbocycles. The van der Waals surface area contributed by atoms with Gasteiger partial charge in [-0.1, -0.05) is 0 Å². The number of ether oxygens (including phenoxy) is 1. The predicted octanol–water partition coefficient (Wildman–Crippen LogP) is 1.47. The second kappa shape index (κ2) is 4.70. The maximum Gasteiger partial charge on any atom is 0.146 e. The maximum absolute atomic E-state index is 5.39. The highest BCUT2D eigenvalue weighted by Crippen LogP contribution is 2.22. The minimum Gasteiger partial charge on any atom is -0.380 e. The van der Waals surface area contributed by atoms with E-state index in [1.54, 1.807) is 12.5 Å². The lowest BCUT2D eigenvalue weighted by molar-refractivity contribution is 0.152. The van der Waals surface area contributed by atoms with Gasteiger partial charge in [-0.05, 0) is 22.4 Å². The van der Waals surface area contributed by atoms with Gasteiger partial charge >= 0.3 is 0 Å². The molecule has 1 aromatic heterocycles. The Labute approximate surface area is 91.4 Å². The summed E-state index contributed by atoms with van der Waals surface area (Å²) in [6, 6.07) is 0. The molecule has 1 fully saturated rings. The molecule has 1 aliphatic heterocycles. The predicted molar refractivity (Wildman–Crippen MR) is 57.4 cm³/mol. The highest BCUT2D eigenvalue weighted by molar-refractivity contribution is 9.10. The Kier molecular flexibility index (Phi) is 3.31. The highest BCUT2D eigenvalue weighted by Gasteiger charge is 2.13. The molecule has 0 aromatic carbocycles. The van der Waals surface area contributed by atoms with E-state index in [1.165, 1.54) is 0 Å². The number of hydrogen-bond donors (Lipinski definition) is 0. The zero-order valence-electron chi connectivity index (χ0n) is 7.82. The van der Waals surface area contributed by atoms with Crippen molar-refractivity contribution in [2.24, 2.45) is 0 Å². The Hall–Kier alpha value is -0.680. The van der Waals surface area contributed by atoms with Crippen LogP contribution in [0.3, 0.4) is 0 Å². The second-order valence-corrected chi connectivity index (χ2v) is 4.00. The summed E-state index contributed by atoms with van der Waals surface area (Å²) in [4.78, 5) is 10.4. The fraction of sp³-hybridized carbons (Fsp3) is 0.556. The SMILES string of the molecule is Brc1cncnc1N1CCCOCC1. The van der Waals surface area contributed by atoms with Crippen molar-refractivity contribution in [1.29, 1.82) is 0 Å². The van der Waals surface area contributed by atoms with Crippen molar-refractivity contribution in [3.05, 3.63) is 17.0 Å². The largest absolute Gasteiger partial charge is 0.380 e. The van der Waals surface area contributed by atoms with Crippen LogP contribution >= 0.6 is 15.9 Å². The molecule has 4 nitrogen and oxygen atoms in total. The van der Waals surface area contributed by atoms with Gasteiger partial charge in [-0.2, -0.15) is 0 Å². The van der Waals surface area contributed by atoms with Gasteiger partial charge in [-0.3, -0.25) is 0 Å². The van der Waals surface area contributed by atoms with Crippen LogP contribution in [0.4, 0.5) is 5.82 Å². The molecule has 2 heterocycles. The van der Waals surface area contributed by atoms with Crippen LogP contribution in [-0.4, -0.2) is 36.3 Å². The average Bonchev–Trinajstić information content (AvgIpc) is 2.47. The molecule has 0 N–H and O–H groups in total. The van der Waals surface area contributed by atoms with Gasteiger partial charge in [-0.25, -0.2) is 9.97 Å². The Bertz CT molecular complexity index is 300. The van der Waals surface area contributed by atoms with Crippen molar-refractivity contribution < 1.29 is 4.74 Å². The van der Waals surface area contributed by atoms with Crippen LogP contribution in [0.2, 0.25) is 0 Å². The van der Waals surface area contributed by atoms with Crippen molar-refractivity contribution in [3.8, 4) is 0 Å². The third-order valence-corrected chi connectivity index (χ3v) is 2.73. The van der Waals surface area contributed by atoms with Crippen molar-refractivity contribution in [1.82, 2.24) is 9.97 Å². The van der Waals surface area contributed by atoms with Gasteiger partial charge in [0, 0.05) is 25.9 Å². The van der Waals surface area contributed by atoms with E-state index >= 15 is 0 Å². The standard InChI is InChI=1S/C9H12BrN3O/c10-8-6-11-7-12-9(8)13-2-1-4-14-5-3-13/h6-7H,1-5H2. The smallest absolute Gasteiger partial charge is 0.146 e. The van der Waals surface area contributed by atoms with Crippen LogP contribution < -0.4 is 4.90 Å². The first-order valence-corrected chi connectivity index (χ1v) is 5.45. The molecule has 0 atom stereocenters. The molecule has 1 saturated heterocycles. The monoisotopic (exact) mass is 257 g/mol. The van der Waals surface area contributed by atoms with Crippen molar-refractivity contribution in [2.75, 3.05) is 31.2 Å². The molecule has 1 aromatic rings. The fourth-order valence-electron chi connectivity index (χ4n) is 1.50. The summed E-state index contributed by atoms with van der Waals surface area (Å²) < 4.78 is 6.33. The molecule has 0 spiro atoms. The summed E-state index contributed by atoms with van der Waals surface area (Å²) >= 11 is 3.45. The minimum absolute atomic E-state index is 0.774.